The van der Waals surface area contributed by atoms with Gasteiger partial charge in [0, 0.05) is 0 Å². The van der Waals surface area contributed by atoms with E-state index in [0.717, 1.165) is 0 Å². The van der Waals surface area contributed by atoms with E-state index in [1.807, 2.05) is 18.2 Å². The molecule has 2 nitrogen and oxygen atoms in total. The molecule has 0 bridgehead atoms. The summed E-state index contributed by atoms with van der Waals surface area (Å²) in [4.78, 5) is 8.36. The summed E-state index contributed by atoms with van der Waals surface area (Å²) in [6.45, 7) is 1.83. The van der Waals surface area contributed by atoms with Crippen LogP contribution in [0.15, 0.2) is 30.3 Å². The smallest absolute Gasteiger partial charge is 0.290 e. The Morgan fingerprint density at radius 2 is 1.70 bits per heavy atom. The summed E-state index contributed by atoms with van der Waals surface area (Å²) in [5.41, 5.74) is 1.32. The summed E-state index contributed by atoms with van der Waals surface area (Å²) in [5.74, 6) is 0. The third-order valence-corrected chi connectivity index (χ3v) is 0.940. The van der Waals surface area contributed by atoms with Crippen molar-refractivity contribution in [3.8, 4) is 0 Å². The van der Waals surface area contributed by atoms with Crippen molar-refractivity contribution in [3.05, 3.63) is 35.9 Å². The van der Waals surface area contributed by atoms with Crippen molar-refractivity contribution >= 4 is 6.47 Å². The SMILES string of the molecule is Cc1ccccc1.O=CO. The number of benzene rings is 1. The third kappa shape index (κ3) is 4.84. The summed E-state index contributed by atoms with van der Waals surface area (Å²) in [7, 11) is 0. The van der Waals surface area contributed by atoms with Gasteiger partial charge in [-0.1, -0.05) is 35.9 Å². The van der Waals surface area contributed by atoms with E-state index in [1.165, 1.54) is 5.56 Å². The summed E-state index contributed by atoms with van der Waals surface area (Å²) < 4.78 is 0. The van der Waals surface area contributed by atoms with Crippen LogP contribution in [0, 0.1) is 6.92 Å². The highest BCUT2D eigenvalue weighted by atomic mass is 16.3. The van der Waals surface area contributed by atoms with Gasteiger partial charge in [-0.3, -0.25) is 4.79 Å². The van der Waals surface area contributed by atoms with Gasteiger partial charge in [-0.2, -0.15) is 0 Å². The quantitative estimate of drug-likeness (QED) is 0.554. The molecule has 0 saturated heterocycles. The molecule has 1 aromatic rings. The lowest BCUT2D eigenvalue weighted by molar-refractivity contribution is -0.122. The van der Waals surface area contributed by atoms with Crippen molar-refractivity contribution in [1.82, 2.24) is 0 Å². The first kappa shape index (κ1) is 8.69. The van der Waals surface area contributed by atoms with Crippen LogP contribution in [-0.4, -0.2) is 11.6 Å². The molecule has 0 saturated carbocycles. The van der Waals surface area contributed by atoms with Crippen LogP contribution in [0.1, 0.15) is 5.56 Å². The van der Waals surface area contributed by atoms with E-state index in [1.54, 1.807) is 0 Å². The predicted octanol–water partition coefficient (Wildman–Crippen LogP) is 1.70. The van der Waals surface area contributed by atoms with E-state index in [2.05, 4.69) is 19.1 Å². The minimum absolute atomic E-state index is 0.250. The molecule has 0 heterocycles. The van der Waals surface area contributed by atoms with Gasteiger partial charge in [-0.25, -0.2) is 0 Å². The lowest BCUT2D eigenvalue weighted by Crippen LogP contribution is -1.62. The van der Waals surface area contributed by atoms with Crippen LogP contribution in [0.2, 0.25) is 0 Å². The molecule has 0 radical (unpaired) electrons. The molecule has 0 aliphatic heterocycles. The molecule has 0 aliphatic rings. The van der Waals surface area contributed by atoms with Crippen LogP contribution < -0.4 is 0 Å². The molecule has 10 heavy (non-hydrogen) atoms. The fourth-order valence-corrected chi connectivity index (χ4v) is 0.534. The van der Waals surface area contributed by atoms with E-state index in [0.29, 0.717) is 0 Å². The number of rotatable bonds is 0. The first-order valence-corrected chi connectivity index (χ1v) is 2.90. The number of carboxylic acid groups (broad SMARTS) is 1. The zero-order valence-corrected chi connectivity index (χ0v) is 5.82. The molecule has 0 fully saturated rings. The molecule has 0 amide bonds. The predicted molar refractivity (Wildman–Crippen MR) is 39.9 cm³/mol. The largest absolute Gasteiger partial charge is 0.483 e. The lowest BCUT2D eigenvalue weighted by atomic mass is 10.2. The van der Waals surface area contributed by atoms with Gasteiger partial charge >= 0.3 is 0 Å². The Labute approximate surface area is 60.1 Å². The van der Waals surface area contributed by atoms with Gasteiger partial charge in [-0.05, 0) is 6.92 Å². The van der Waals surface area contributed by atoms with Gasteiger partial charge in [0.15, 0.2) is 0 Å². The molecule has 0 spiro atoms. The minimum atomic E-state index is -0.250. The van der Waals surface area contributed by atoms with Crippen molar-refractivity contribution in [3.63, 3.8) is 0 Å². The van der Waals surface area contributed by atoms with Crippen LogP contribution in [0.4, 0.5) is 0 Å². The zero-order valence-electron chi connectivity index (χ0n) is 5.82. The molecular weight excluding hydrogens is 128 g/mol. The third-order valence-electron chi connectivity index (χ3n) is 0.940. The van der Waals surface area contributed by atoms with Crippen LogP contribution in [0.3, 0.4) is 0 Å². The second-order valence-electron chi connectivity index (χ2n) is 1.76. The van der Waals surface area contributed by atoms with E-state index in [-0.39, 0.29) is 6.47 Å². The molecular formula is C8H10O2. The van der Waals surface area contributed by atoms with E-state index >= 15 is 0 Å². The van der Waals surface area contributed by atoms with Crippen LogP contribution >= 0.6 is 0 Å². The van der Waals surface area contributed by atoms with Gasteiger partial charge in [-0.15, -0.1) is 0 Å². The average Bonchev–Trinajstić information content (AvgIpc) is 1.91. The normalized spacial score (nSPS) is 7.30. The van der Waals surface area contributed by atoms with Gasteiger partial charge in [0.1, 0.15) is 0 Å². The maximum absolute atomic E-state index is 8.36. The first-order chi connectivity index (χ1) is 4.81. The van der Waals surface area contributed by atoms with Gasteiger partial charge in [0.2, 0.25) is 0 Å². The molecule has 1 aromatic carbocycles. The van der Waals surface area contributed by atoms with Crippen LogP contribution in [0.25, 0.3) is 0 Å². The van der Waals surface area contributed by atoms with Gasteiger partial charge < -0.3 is 5.11 Å². The number of aryl methyl sites for hydroxylation is 1. The Balaban J connectivity index is 0.000000236. The summed E-state index contributed by atoms with van der Waals surface area (Å²) in [5, 5.41) is 6.89. The molecule has 0 atom stereocenters. The molecule has 1 N–H and O–H groups in total. The number of hydrogen-bond acceptors (Lipinski definition) is 1. The second kappa shape index (κ2) is 5.82. The summed E-state index contributed by atoms with van der Waals surface area (Å²) >= 11 is 0. The van der Waals surface area contributed by atoms with E-state index < -0.39 is 0 Å². The highest BCUT2D eigenvalue weighted by Crippen LogP contribution is 1.92. The van der Waals surface area contributed by atoms with Crippen LogP contribution in [0.5, 0.6) is 0 Å². The Bertz CT molecular complexity index is 170. The highest BCUT2D eigenvalue weighted by Gasteiger charge is 1.72. The summed E-state index contributed by atoms with van der Waals surface area (Å²) in [6.07, 6.45) is 0. The van der Waals surface area contributed by atoms with E-state index in [9.17, 15) is 0 Å². The Kier molecular flexibility index (Phi) is 5.06. The lowest BCUT2D eigenvalue weighted by Gasteiger charge is -1.82. The molecule has 1 rings (SSSR count). The topological polar surface area (TPSA) is 37.3 Å². The van der Waals surface area contributed by atoms with Crippen molar-refractivity contribution in [1.29, 1.82) is 0 Å². The Hall–Kier alpha value is -1.31. The van der Waals surface area contributed by atoms with E-state index in [4.69, 9.17) is 9.90 Å². The first-order valence-electron chi connectivity index (χ1n) is 2.90. The fraction of sp³-hybridized carbons (Fsp3) is 0.125. The molecule has 2 heteroatoms. The molecule has 54 valence electrons. The van der Waals surface area contributed by atoms with Crippen molar-refractivity contribution in [2.45, 2.75) is 6.92 Å². The molecule has 0 aromatic heterocycles. The Morgan fingerprint density at radius 1 is 1.30 bits per heavy atom. The van der Waals surface area contributed by atoms with Crippen LogP contribution in [-0.2, 0) is 4.79 Å². The monoisotopic (exact) mass is 138 g/mol. The second-order valence-corrected chi connectivity index (χ2v) is 1.76. The van der Waals surface area contributed by atoms with Crippen molar-refractivity contribution in [2.75, 3.05) is 0 Å². The maximum Gasteiger partial charge on any atom is 0.290 e. The maximum atomic E-state index is 8.36. The summed E-state index contributed by atoms with van der Waals surface area (Å²) in [6, 6.07) is 10.3. The highest BCUT2D eigenvalue weighted by molar-refractivity contribution is 5.32. The standard InChI is InChI=1S/C7H8.CH2O2/c1-7-5-3-2-4-6-7;2-1-3/h2-6H,1H3;1H,(H,2,3). The number of carbonyl (C=O) groups is 1. The fourth-order valence-electron chi connectivity index (χ4n) is 0.534. The minimum Gasteiger partial charge on any atom is -0.483 e. The molecule has 0 aliphatic carbocycles. The average molecular weight is 138 g/mol. The number of hydrogen-bond donors (Lipinski definition) is 1. The molecule has 0 unspecified atom stereocenters. The van der Waals surface area contributed by atoms with Gasteiger partial charge in [0.05, 0.1) is 0 Å². The Morgan fingerprint density at radius 3 is 1.90 bits per heavy atom. The van der Waals surface area contributed by atoms with Gasteiger partial charge in [0.25, 0.3) is 6.47 Å². The zero-order chi connectivity index (χ0) is 7.82. The van der Waals surface area contributed by atoms with Crippen molar-refractivity contribution < 1.29 is 9.90 Å². The van der Waals surface area contributed by atoms with Crippen molar-refractivity contribution in [2.24, 2.45) is 0 Å².